The van der Waals surface area contributed by atoms with E-state index < -0.39 is 0 Å². The lowest BCUT2D eigenvalue weighted by molar-refractivity contribution is -0.133. The van der Waals surface area contributed by atoms with Crippen molar-refractivity contribution in [3.8, 4) is 6.07 Å². The highest BCUT2D eigenvalue weighted by molar-refractivity contribution is 7.12. The van der Waals surface area contributed by atoms with E-state index in [0.717, 1.165) is 6.42 Å². The number of nitriles is 1. The zero-order chi connectivity index (χ0) is 13.3. The van der Waals surface area contributed by atoms with Gasteiger partial charge in [-0.15, -0.1) is 11.3 Å². The molecule has 0 spiro atoms. The van der Waals surface area contributed by atoms with Gasteiger partial charge in [0.2, 0.25) is 5.91 Å². The van der Waals surface area contributed by atoms with E-state index >= 15 is 0 Å². The van der Waals surface area contributed by atoms with Crippen LogP contribution in [0.2, 0.25) is 0 Å². The Bertz CT molecular complexity index is 488. The zero-order valence-corrected chi connectivity index (χ0v) is 11.8. The van der Waals surface area contributed by atoms with Gasteiger partial charge in [0.15, 0.2) is 0 Å². The van der Waals surface area contributed by atoms with Crippen molar-refractivity contribution in [3.05, 3.63) is 21.9 Å². The lowest BCUT2D eigenvalue weighted by atomic mass is 10.2. The van der Waals surface area contributed by atoms with Crippen LogP contribution in [0.4, 0.5) is 0 Å². The van der Waals surface area contributed by atoms with Gasteiger partial charge in [-0.05, 0) is 32.4 Å². The summed E-state index contributed by atoms with van der Waals surface area (Å²) < 4.78 is 0. The lowest BCUT2D eigenvalue weighted by Crippen LogP contribution is -2.36. The van der Waals surface area contributed by atoms with Crippen LogP contribution in [0.3, 0.4) is 0 Å². The molecule has 1 aromatic heterocycles. The molecule has 0 aliphatic heterocycles. The predicted octanol–water partition coefficient (Wildman–Crippen LogP) is 2.92. The number of hydrogen-bond donors (Lipinski definition) is 0. The Kier molecular flexibility index (Phi) is 3.72. The molecule has 3 atom stereocenters. The van der Waals surface area contributed by atoms with Gasteiger partial charge in [0.05, 0.1) is 12.5 Å². The van der Waals surface area contributed by atoms with Crippen molar-refractivity contribution in [2.24, 2.45) is 5.92 Å². The number of thiophene rings is 1. The lowest BCUT2D eigenvalue weighted by Gasteiger charge is -2.23. The molecule has 1 fully saturated rings. The van der Waals surface area contributed by atoms with Crippen LogP contribution in [-0.2, 0) is 4.79 Å². The summed E-state index contributed by atoms with van der Waals surface area (Å²) >= 11 is 1.79. The second kappa shape index (κ2) is 5.11. The van der Waals surface area contributed by atoms with Gasteiger partial charge in [-0.25, -0.2) is 0 Å². The van der Waals surface area contributed by atoms with Gasteiger partial charge in [0.25, 0.3) is 0 Å². The molecule has 0 radical (unpaired) electrons. The Hall–Kier alpha value is -1.34. The zero-order valence-electron chi connectivity index (χ0n) is 11.0. The van der Waals surface area contributed by atoms with E-state index in [1.807, 2.05) is 6.92 Å². The van der Waals surface area contributed by atoms with Crippen molar-refractivity contribution in [1.82, 2.24) is 4.90 Å². The van der Waals surface area contributed by atoms with Crippen LogP contribution in [0.1, 0.15) is 35.4 Å². The fraction of sp³-hybridized carbons (Fsp3) is 0.571. The summed E-state index contributed by atoms with van der Waals surface area (Å²) in [6.45, 7) is 4.02. The molecule has 96 valence electrons. The van der Waals surface area contributed by atoms with Crippen molar-refractivity contribution in [3.63, 3.8) is 0 Å². The molecule has 1 aliphatic carbocycles. The first-order valence-electron chi connectivity index (χ1n) is 6.24. The van der Waals surface area contributed by atoms with Gasteiger partial charge in [-0.3, -0.25) is 4.79 Å². The number of rotatable bonds is 4. The van der Waals surface area contributed by atoms with E-state index in [4.69, 9.17) is 5.26 Å². The number of nitrogens with zero attached hydrogens (tertiary/aromatic N) is 2. The summed E-state index contributed by atoms with van der Waals surface area (Å²) in [6, 6.07) is 6.37. The number of hydrogen-bond acceptors (Lipinski definition) is 3. The maximum atomic E-state index is 12.2. The molecule has 0 N–H and O–H groups in total. The molecule has 1 saturated carbocycles. The summed E-state index contributed by atoms with van der Waals surface area (Å²) in [4.78, 5) is 16.6. The summed E-state index contributed by atoms with van der Waals surface area (Å²) in [5.41, 5.74) is 0. The third-order valence-corrected chi connectivity index (χ3v) is 4.76. The maximum Gasteiger partial charge on any atom is 0.226 e. The highest BCUT2D eigenvalue weighted by Crippen LogP contribution is 2.50. The van der Waals surface area contributed by atoms with Crippen LogP contribution >= 0.6 is 11.3 Å². The Labute approximate surface area is 112 Å². The number of carbonyl (C=O) groups excluding carboxylic acids is 1. The molecule has 0 unspecified atom stereocenters. The van der Waals surface area contributed by atoms with E-state index in [1.165, 1.54) is 9.75 Å². The average molecular weight is 262 g/mol. The summed E-state index contributed by atoms with van der Waals surface area (Å²) in [6.07, 6.45) is 1.36. The summed E-state index contributed by atoms with van der Waals surface area (Å²) in [5, 5.41) is 8.67. The van der Waals surface area contributed by atoms with E-state index in [2.05, 4.69) is 25.1 Å². The molecule has 1 amide bonds. The van der Waals surface area contributed by atoms with Crippen LogP contribution < -0.4 is 0 Å². The van der Waals surface area contributed by atoms with E-state index in [0.29, 0.717) is 12.3 Å². The Balaban J connectivity index is 1.95. The van der Waals surface area contributed by atoms with Gasteiger partial charge in [-0.2, -0.15) is 5.26 Å². The Morgan fingerprint density at radius 3 is 2.94 bits per heavy atom. The molecule has 0 bridgehead atoms. The molecule has 0 saturated heterocycles. The van der Waals surface area contributed by atoms with Gasteiger partial charge in [0, 0.05) is 34.7 Å². The molecule has 2 rings (SSSR count). The third-order valence-electron chi connectivity index (χ3n) is 3.63. The second-order valence-corrected chi connectivity index (χ2v) is 6.38. The fourth-order valence-electron chi connectivity index (χ4n) is 2.18. The van der Waals surface area contributed by atoms with Gasteiger partial charge in [0.1, 0.15) is 0 Å². The van der Waals surface area contributed by atoms with Crippen molar-refractivity contribution in [1.29, 1.82) is 5.26 Å². The average Bonchev–Trinajstić information content (AvgIpc) is 3.03. The molecule has 1 heterocycles. The molecule has 0 aromatic carbocycles. The normalized spacial score (nSPS) is 23.2. The molecule has 18 heavy (non-hydrogen) atoms. The number of amides is 1. The minimum atomic E-state index is 0.00817. The maximum absolute atomic E-state index is 12.2. The van der Waals surface area contributed by atoms with E-state index in [9.17, 15) is 4.79 Å². The van der Waals surface area contributed by atoms with Crippen molar-refractivity contribution in [2.75, 3.05) is 7.05 Å². The monoisotopic (exact) mass is 262 g/mol. The SMILES string of the molecule is Cc1ccc([C@@H]2C[C@H]2C(=O)N(C)[C@H](C)CC#N)s1. The Morgan fingerprint density at radius 2 is 2.39 bits per heavy atom. The minimum absolute atomic E-state index is 0.00817. The first-order chi connectivity index (χ1) is 8.54. The van der Waals surface area contributed by atoms with Gasteiger partial charge in [-0.1, -0.05) is 0 Å². The van der Waals surface area contributed by atoms with Crippen molar-refractivity contribution < 1.29 is 4.79 Å². The standard InChI is InChI=1S/C14H18N2OS/c1-9(6-7-15)16(3)14(17)12-8-11(12)13-5-4-10(2)18-13/h4-5,9,11-12H,6,8H2,1-3H3/t9-,11-,12-/m1/s1. The smallest absolute Gasteiger partial charge is 0.226 e. The Morgan fingerprint density at radius 1 is 1.67 bits per heavy atom. The summed E-state index contributed by atoms with van der Waals surface area (Å²) in [5.74, 6) is 0.732. The molecular weight excluding hydrogens is 244 g/mol. The van der Waals surface area contributed by atoms with Crippen LogP contribution in [0.5, 0.6) is 0 Å². The van der Waals surface area contributed by atoms with Crippen LogP contribution in [-0.4, -0.2) is 23.9 Å². The third kappa shape index (κ3) is 2.56. The number of carbonyl (C=O) groups is 1. The summed E-state index contributed by atoms with van der Waals surface area (Å²) in [7, 11) is 1.80. The highest BCUT2D eigenvalue weighted by atomic mass is 32.1. The molecule has 4 heteroatoms. The van der Waals surface area contributed by atoms with Gasteiger partial charge < -0.3 is 4.90 Å². The van der Waals surface area contributed by atoms with Crippen molar-refractivity contribution in [2.45, 2.75) is 38.6 Å². The molecule has 3 nitrogen and oxygen atoms in total. The van der Waals surface area contributed by atoms with Gasteiger partial charge >= 0.3 is 0 Å². The predicted molar refractivity (Wildman–Crippen MR) is 72.4 cm³/mol. The van der Waals surface area contributed by atoms with E-state index in [1.54, 1.807) is 23.3 Å². The van der Waals surface area contributed by atoms with Crippen molar-refractivity contribution >= 4 is 17.2 Å². The number of aryl methyl sites for hydroxylation is 1. The second-order valence-electron chi connectivity index (χ2n) is 5.06. The topological polar surface area (TPSA) is 44.1 Å². The van der Waals surface area contributed by atoms with Crippen LogP contribution in [0, 0.1) is 24.2 Å². The molecule has 1 aliphatic rings. The minimum Gasteiger partial charge on any atom is -0.342 e. The molecule has 1 aromatic rings. The van der Waals surface area contributed by atoms with Crippen LogP contribution in [0.15, 0.2) is 12.1 Å². The fourth-order valence-corrected chi connectivity index (χ4v) is 3.24. The quantitative estimate of drug-likeness (QED) is 0.837. The first kappa shape index (κ1) is 13.1. The van der Waals surface area contributed by atoms with E-state index in [-0.39, 0.29) is 17.9 Å². The van der Waals surface area contributed by atoms with Crippen LogP contribution in [0.25, 0.3) is 0 Å². The molecular formula is C14H18N2OS. The highest BCUT2D eigenvalue weighted by Gasteiger charge is 2.46. The largest absolute Gasteiger partial charge is 0.342 e. The first-order valence-corrected chi connectivity index (χ1v) is 7.06.